The van der Waals surface area contributed by atoms with E-state index >= 15 is 0 Å². The predicted octanol–water partition coefficient (Wildman–Crippen LogP) is 1.65. The highest BCUT2D eigenvalue weighted by molar-refractivity contribution is 6.30. The van der Waals surface area contributed by atoms with Crippen molar-refractivity contribution in [1.82, 2.24) is 0 Å². The smallest absolute Gasteiger partial charge is 0.277 e. The van der Waals surface area contributed by atoms with Gasteiger partial charge in [-0.1, -0.05) is 12.1 Å². The first-order valence-electron chi connectivity index (χ1n) is 18.1. The molecule has 54 heavy (non-hydrogen) atoms. The highest BCUT2D eigenvalue weighted by Gasteiger charge is 2.93. The molecule has 0 radical (unpaired) electrons. The zero-order chi connectivity index (χ0) is 38.5. The van der Waals surface area contributed by atoms with Crippen molar-refractivity contribution in [2.75, 3.05) is 20.8 Å². The van der Waals surface area contributed by atoms with Crippen molar-refractivity contribution in [3.8, 4) is 11.5 Å². The number of carbonyl (C=O) groups is 2. The van der Waals surface area contributed by atoms with Crippen LogP contribution in [0.1, 0.15) is 89.6 Å². The summed E-state index contributed by atoms with van der Waals surface area (Å²) in [5, 5.41) is 43.5. The Hall–Kier alpha value is -3.10. The summed E-state index contributed by atoms with van der Waals surface area (Å²) >= 11 is 0. The van der Waals surface area contributed by atoms with Gasteiger partial charge in [-0.15, -0.1) is 0 Å². The van der Waals surface area contributed by atoms with Crippen LogP contribution in [0.15, 0.2) is 24.3 Å². The van der Waals surface area contributed by atoms with E-state index in [0.29, 0.717) is 11.1 Å². The van der Waals surface area contributed by atoms with Crippen molar-refractivity contribution >= 4 is 11.6 Å². The van der Waals surface area contributed by atoms with E-state index in [9.17, 15) is 30.0 Å². The molecular formula is C38H44O16. The molecule has 2 bridgehead atoms. The average molecular weight is 757 g/mol. The first-order chi connectivity index (χ1) is 25.5. The Bertz CT molecular complexity index is 1940. The molecule has 5 saturated heterocycles. The SMILES string of the molecule is CO[C@H](OC1CC(C)(O)C(OC2CC(C)(O)C(O)C(C)O2)C(C)O1)C12OC3c4c(C)cc5c(c4O[C@](OC)(C3O1)[C@@]21CO1)C(=O)c1c(O)cccc1C5=O. The van der Waals surface area contributed by atoms with Crippen LogP contribution in [0.2, 0.25) is 0 Å². The van der Waals surface area contributed by atoms with Gasteiger partial charge in [0.05, 0.1) is 41.1 Å². The van der Waals surface area contributed by atoms with Crippen molar-refractivity contribution in [3.05, 3.63) is 57.6 Å². The van der Waals surface area contributed by atoms with Crippen LogP contribution in [0.3, 0.4) is 0 Å². The molecule has 292 valence electrons. The molecule has 4 N–H and O–H groups in total. The molecule has 0 saturated carbocycles. The number of epoxide rings is 1. The highest BCUT2D eigenvalue weighted by atomic mass is 16.9. The molecule has 0 aromatic heterocycles. The molecule has 7 aliphatic rings. The molecule has 6 aliphatic heterocycles. The molecule has 1 aliphatic carbocycles. The second-order valence-corrected chi connectivity index (χ2v) is 15.9. The third kappa shape index (κ3) is 4.62. The van der Waals surface area contributed by atoms with E-state index < -0.39 is 95.4 Å². The fourth-order valence-corrected chi connectivity index (χ4v) is 9.64. The number of phenols is 1. The lowest BCUT2D eigenvalue weighted by Gasteiger charge is -2.51. The fourth-order valence-electron chi connectivity index (χ4n) is 9.64. The van der Waals surface area contributed by atoms with Crippen LogP contribution in [0.5, 0.6) is 11.5 Å². The van der Waals surface area contributed by atoms with Gasteiger partial charge in [0.1, 0.15) is 29.8 Å². The number of aromatic hydroxyl groups is 1. The number of carbonyl (C=O) groups excluding carboxylic acids is 2. The Morgan fingerprint density at radius 1 is 0.926 bits per heavy atom. The van der Waals surface area contributed by atoms with Crippen LogP contribution in [0, 0.1) is 6.92 Å². The standard InChI is InChI=1S/C38H44O16/c1-15-11-19-25(27(41)24-18(26(19)40)9-8-10-20(24)39)28-23(15)29-32-37(46-7,52-28)36(14-47-36)38(53-29,54-32)33(45-6)51-22-13-35(5,44)31(17(3)49-22)50-21-12-34(4,43)30(42)16(2)48-21/h8-11,16-17,21-22,29-33,39,42-44H,12-14H2,1-7H3/t16?,17?,21?,22?,29?,30?,31?,32?,33-,34?,35?,36+,37-,38?/m1/s1. The Morgan fingerprint density at radius 3 is 2.28 bits per heavy atom. The lowest BCUT2D eigenvalue weighted by Crippen LogP contribution is -2.70. The maximum atomic E-state index is 14.1. The average Bonchev–Trinajstić information content (AvgIpc) is 3.77. The summed E-state index contributed by atoms with van der Waals surface area (Å²) in [6.45, 7) is 8.20. The third-order valence-corrected chi connectivity index (χ3v) is 12.3. The largest absolute Gasteiger partial charge is 0.507 e. The second-order valence-electron chi connectivity index (χ2n) is 15.9. The zero-order valence-electron chi connectivity index (χ0n) is 30.8. The predicted molar refractivity (Wildman–Crippen MR) is 179 cm³/mol. The molecule has 6 heterocycles. The molecule has 0 amide bonds. The van der Waals surface area contributed by atoms with E-state index in [1.807, 2.05) is 0 Å². The number of fused-ring (bicyclic) bond motifs is 8. The van der Waals surface area contributed by atoms with Crippen LogP contribution in [-0.4, -0.2) is 131 Å². The molecule has 14 atom stereocenters. The molecular weight excluding hydrogens is 712 g/mol. The fraction of sp³-hybridized carbons (Fsp3) is 0.632. The Morgan fingerprint density at radius 2 is 1.63 bits per heavy atom. The van der Waals surface area contributed by atoms with Gasteiger partial charge in [-0.05, 0) is 52.3 Å². The molecule has 1 spiro atoms. The summed E-state index contributed by atoms with van der Waals surface area (Å²) < 4.78 is 63.1. The minimum absolute atomic E-state index is 0.0148. The van der Waals surface area contributed by atoms with Crippen LogP contribution in [0.4, 0.5) is 0 Å². The van der Waals surface area contributed by atoms with Crippen LogP contribution < -0.4 is 4.74 Å². The summed E-state index contributed by atoms with van der Waals surface area (Å²) in [5.41, 5.74) is -3.37. The van der Waals surface area contributed by atoms with Crippen molar-refractivity contribution in [3.63, 3.8) is 0 Å². The summed E-state index contributed by atoms with van der Waals surface area (Å²) in [5.74, 6) is -4.79. The number of aryl methyl sites for hydroxylation is 1. The minimum Gasteiger partial charge on any atom is -0.507 e. The number of rotatable bonds is 7. The summed E-state index contributed by atoms with van der Waals surface area (Å²) in [6, 6.07) is 5.97. The van der Waals surface area contributed by atoms with Crippen molar-refractivity contribution in [2.45, 2.75) is 131 Å². The molecule has 16 nitrogen and oxygen atoms in total. The van der Waals surface area contributed by atoms with Crippen LogP contribution >= 0.6 is 0 Å². The molecule has 16 heteroatoms. The van der Waals surface area contributed by atoms with E-state index in [4.69, 9.17) is 47.4 Å². The Kier molecular flexibility index (Phi) is 7.93. The maximum absolute atomic E-state index is 14.1. The number of ether oxygens (including phenoxy) is 10. The molecule has 2 aromatic carbocycles. The number of aliphatic hydroxyl groups is 3. The lowest BCUT2D eigenvalue weighted by atomic mass is 9.75. The maximum Gasteiger partial charge on any atom is 0.277 e. The summed E-state index contributed by atoms with van der Waals surface area (Å²) in [7, 11) is 2.81. The minimum atomic E-state index is -1.80. The number of hydrogen-bond donors (Lipinski definition) is 4. The van der Waals surface area contributed by atoms with E-state index in [-0.39, 0.29) is 53.2 Å². The van der Waals surface area contributed by atoms with Gasteiger partial charge < -0.3 is 67.8 Å². The van der Waals surface area contributed by atoms with Crippen molar-refractivity contribution in [2.24, 2.45) is 0 Å². The number of benzene rings is 2. The van der Waals surface area contributed by atoms with Gasteiger partial charge in [0.15, 0.2) is 24.5 Å². The number of phenolic OH excluding ortho intramolecular Hbond substituents is 1. The molecule has 2 aromatic rings. The third-order valence-electron chi connectivity index (χ3n) is 12.3. The zero-order valence-corrected chi connectivity index (χ0v) is 30.8. The number of ketones is 2. The van der Waals surface area contributed by atoms with Gasteiger partial charge in [-0.3, -0.25) is 9.59 Å². The highest BCUT2D eigenvalue weighted by Crippen LogP contribution is 2.71. The van der Waals surface area contributed by atoms with E-state index in [1.54, 1.807) is 33.8 Å². The van der Waals surface area contributed by atoms with E-state index in [2.05, 4.69) is 0 Å². The van der Waals surface area contributed by atoms with Crippen LogP contribution in [-0.2, 0) is 42.6 Å². The summed E-state index contributed by atoms with van der Waals surface area (Å²) in [6.07, 6.45) is -8.83. The quantitative estimate of drug-likeness (QED) is 0.200. The molecule has 9 rings (SSSR count). The lowest BCUT2D eigenvalue weighted by molar-refractivity contribution is -0.396. The first kappa shape index (κ1) is 36.5. The van der Waals surface area contributed by atoms with Gasteiger partial charge in [-0.25, -0.2) is 0 Å². The number of methoxy groups -OCH3 is 2. The molecule has 5 fully saturated rings. The Labute approximate surface area is 310 Å². The topological polar surface area (TPSA) is 211 Å². The monoisotopic (exact) mass is 756 g/mol. The van der Waals surface area contributed by atoms with Gasteiger partial charge in [-0.2, -0.15) is 0 Å². The van der Waals surface area contributed by atoms with Gasteiger partial charge in [0.2, 0.25) is 17.7 Å². The van der Waals surface area contributed by atoms with Gasteiger partial charge >= 0.3 is 0 Å². The van der Waals surface area contributed by atoms with Gasteiger partial charge in [0.25, 0.3) is 11.6 Å². The molecule has 11 unspecified atom stereocenters. The number of aliphatic hydroxyl groups excluding tert-OH is 1. The van der Waals surface area contributed by atoms with E-state index in [0.717, 1.165) is 0 Å². The van der Waals surface area contributed by atoms with Gasteiger partial charge in [0, 0.05) is 43.8 Å². The van der Waals surface area contributed by atoms with Crippen molar-refractivity contribution in [1.29, 1.82) is 0 Å². The normalized spacial score (nSPS) is 44.8. The van der Waals surface area contributed by atoms with Crippen LogP contribution in [0.25, 0.3) is 0 Å². The summed E-state index contributed by atoms with van der Waals surface area (Å²) in [4.78, 5) is 27.8. The Balaban J connectivity index is 1.02. The van der Waals surface area contributed by atoms with Crippen molar-refractivity contribution < 1.29 is 77.4 Å². The number of hydrogen-bond acceptors (Lipinski definition) is 16. The second kappa shape index (κ2) is 11.7. The first-order valence-corrected chi connectivity index (χ1v) is 18.1. The van der Waals surface area contributed by atoms with E-state index in [1.165, 1.54) is 39.3 Å².